The van der Waals surface area contributed by atoms with Gasteiger partial charge in [-0.1, -0.05) is 6.92 Å². The Morgan fingerprint density at radius 1 is 1.24 bits per heavy atom. The molecule has 1 saturated carbocycles. The lowest BCUT2D eigenvalue weighted by atomic mass is 10.0. The molecule has 2 aliphatic heterocycles. The zero-order valence-electron chi connectivity index (χ0n) is 16.7. The van der Waals surface area contributed by atoms with Crippen molar-refractivity contribution in [3.05, 3.63) is 41.9 Å². The summed E-state index contributed by atoms with van der Waals surface area (Å²) in [7, 11) is 0. The molecular formula is C22H27N5O2. The van der Waals surface area contributed by atoms with E-state index in [1.807, 2.05) is 24.3 Å². The van der Waals surface area contributed by atoms with E-state index in [2.05, 4.69) is 21.8 Å². The molecule has 3 fully saturated rings. The number of nitrogens with one attached hydrogen (secondary N) is 1. The van der Waals surface area contributed by atoms with Crippen LogP contribution in [0.2, 0.25) is 0 Å². The molecular weight excluding hydrogens is 366 g/mol. The van der Waals surface area contributed by atoms with Crippen molar-refractivity contribution >= 4 is 17.2 Å². The van der Waals surface area contributed by atoms with E-state index in [1.165, 1.54) is 6.33 Å². The van der Waals surface area contributed by atoms with E-state index in [1.54, 1.807) is 0 Å². The summed E-state index contributed by atoms with van der Waals surface area (Å²) in [6.07, 6.45) is 7.46. The van der Waals surface area contributed by atoms with Gasteiger partial charge in [0.2, 0.25) is 0 Å². The highest BCUT2D eigenvalue weighted by molar-refractivity contribution is 6.13. The van der Waals surface area contributed by atoms with E-state index in [0.717, 1.165) is 56.8 Å². The molecule has 2 bridgehead atoms. The fraction of sp³-hybridized carbons (Fsp3) is 0.500. The molecule has 152 valence electrons. The number of fused-ring (bicyclic) bond motifs is 2. The topological polar surface area (TPSA) is 97.4 Å². The molecule has 2 aromatic rings. The van der Waals surface area contributed by atoms with Gasteiger partial charge in [0.1, 0.15) is 23.5 Å². The van der Waals surface area contributed by atoms with E-state index < -0.39 is 0 Å². The fourth-order valence-electron chi connectivity index (χ4n) is 4.33. The van der Waals surface area contributed by atoms with Crippen LogP contribution in [0.25, 0.3) is 0 Å². The van der Waals surface area contributed by atoms with Crippen molar-refractivity contribution in [3.63, 3.8) is 0 Å². The number of aromatic nitrogens is 2. The predicted octanol–water partition coefficient (Wildman–Crippen LogP) is 3.16. The molecule has 1 aromatic carbocycles. The minimum Gasteiger partial charge on any atom is -0.487 e. The summed E-state index contributed by atoms with van der Waals surface area (Å²) >= 11 is 0. The highest BCUT2D eigenvalue weighted by Gasteiger charge is 2.43. The van der Waals surface area contributed by atoms with Gasteiger partial charge in [0.15, 0.2) is 0 Å². The van der Waals surface area contributed by atoms with Gasteiger partial charge in [-0.3, -0.25) is 5.41 Å². The Labute approximate surface area is 170 Å². The Morgan fingerprint density at radius 2 is 2.00 bits per heavy atom. The minimum atomic E-state index is -0.0344. The molecule has 29 heavy (non-hydrogen) atoms. The second kappa shape index (κ2) is 6.99. The third kappa shape index (κ3) is 3.55. The van der Waals surface area contributed by atoms with Gasteiger partial charge < -0.3 is 20.1 Å². The number of nitrogen functional groups attached to an aromatic ring is 1. The van der Waals surface area contributed by atoms with Crippen molar-refractivity contribution in [1.82, 2.24) is 9.97 Å². The number of hydrogen-bond acceptors (Lipinski definition) is 7. The smallest absolute Gasteiger partial charge is 0.132 e. The lowest BCUT2D eigenvalue weighted by Gasteiger charge is -2.33. The highest BCUT2D eigenvalue weighted by atomic mass is 16.5. The molecule has 2 saturated heterocycles. The Morgan fingerprint density at radius 3 is 2.69 bits per heavy atom. The van der Waals surface area contributed by atoms with Crippen molar-refractivity contribution in [1.29, 1.82) is 5.41 Å². The molecule has 5 rings (SSSR count). The second-order valence-corrected chi connectivity index (χ2v) is 8.39. The van der Waals surface area contributed by atoms with Gasteiger partial charge in [0, 0.05) is 30.4 Å². The molecule has 2 unspecified atom stereocenters. The van der Waals surface area contributed by atoms with Crippen LogP contribution < -0.4 is 15.4 Å². The number of rotatable bonds is 6. The van der Waals surface area contributed by atoms with Gasteiger partial charge in [-0.15, -0.1) is 0 Å². The molecule has 7 nitrogen and oxygen atoms in total. The number of hydrogen-bond donors (Lipinski definition) is 2. The molecule has 3 aliphatic rings. The molecule has 0 radical (unpaired) electrons. The van der Waals surface area contributed by atoms with E-state index >= 15 is 0 Å². The Kier molecular flexibility index (Phi) is 4.42. The average Bonchev–Trinajstić information content (AvgIpc) is 3.45. The van der Waals surface area contributed by atoms with Crippen LogP contribution in [0.3, 0.4) is 0 Å². The van der Waals surface area contributed by atoms with E-state index in [0.29, 0.717) is 16.9 Å². The Bertz CT molecular complexity index is 931. The van der Waals surface area contributed by atoms with Crippen LogP contribution in [0.4, 0.5) is 11.5 Å². The van der Waals surface area contributed by atoms with E-state index in [9.17, 15) is 0 Å². The molecule has 0 amide bonds. The second-order valence-electron chi connectivity index (χ2n) is 8.39. The maximum absolute atomic E-state index is 8.73. The zero-order valence-corrected chi connectivity index (χ0v) is 16.7. The largest absolute Gasteiger partial charge is 0.487 e. The first-order valence-corrected chi connectivity index (χ1v) is 10.5. The summed E-state index contributed by atoms with van der Waals surface area (Å²) < 4.78 is 12.1. The SMILES string of the molecule is CCC1(Oc2ccc(N)c(C(=N)c3cc(N4CC5CCC(C4)O5)ncn3)c2)CC1. The van der Waals surface area contributed by atoms with Crippen molar-refractivity contribution in [3.8, 4) is 5.75 Å². The standard InChI is InChI=1S/C22H27N5O2/c1-2-22(7-8-22)29-14-5-6-18(23)17(9-14)21(24)19-10-20(26-13-25-19)27-11-15-3-4-16(12-27)28-15/h5-6,9-10,13,15-16,24H,2-4,7-8,11-12,23H2,1H3. The summed E-state index contributed by atoms with van der Waals surface area (Å²) in [5.41, 5.74) is 8.20. The third-order valence-electron chi connectivity index (χ3n) is 6.36. The summed E-state index contributed by atoms with van der Waals surface area (Å²) in [5.74, 6) is 1.60. The maximum atomic E-state index is 8.73. The maximum Gasteiger partial charge on any atom is 0.132 e. The van der Waals surface area contributed by atoms with Gasteiger partial charge in [-0.25, -0.2) is 9.97 Å². The molecule has 0 spiro atoms. The molecule has 2 atom stereocenters. The van der Waals surface area contributed by atoms with E-state index in [-0.39, 0.29) is 23.5 Å². The predicted molar refractivity (Wildman–Crippen MR) is 112 cm³/mol. The lowest BCUT2D eigenvalue weighted by Crippen LogP contribution is -2.43. The van der Waals surface area contributed by atoms with Gasteiger partial charge in [-0.2, -0.15) is 0 Å². The van der Waals surface area contributed by atoms with Gasteiger partial charge in [0.05, 0.1) is 23.6 Å². The normalized spacial score (nSPS) is 24.4. The van der Waals surface area contributed by atoms with E-state index in [4.69, 9.17) is 20.6 Å². The van der Waals surface area contributed by atoms with Crippen LogP contribution in [0.1, 0.15) is 50.3 Å². The quantitative estimate of drug-likeness (QED) is 0.578. The molecule has 1 aliphatic carbocycles. The fourth-order valence-corrected chi connectivity index (χ4v) is 4.33. The van der Waals surface area contributed by atoms with Gasteiger partial charge in [0.25, 0.3) is 0 Å². The van der Waals surface area contributed by atoms with Crippen LogP contribution in [0.5, 0.6) is 5.75 Å². The molecule has 3 heterocycles. The third-order valence-corrected chi connectivity index (χ3v) is 6.36. The van der Waals surface area contributed by atoms with Crippen LogP contribution in [-0.2, 0) is 4.74 Å². The van der Waals surface area contributed by atoms with Crippen LogP contribution in [-0.4, -0.2) is 46.6 Å². The summed E-state index contributed by atoms with van der Waals surface area (Å²) in [6.45, 7) is 3.82. The van der Waals surface area contributed by atoms with Crippen molar-refractivity contribution in [2.75, 3.05) is 23.7 Å². The minimum absolute atomic E-state index is 0.0344. The van der Waals surface area contributed by atoms with Crippen LogP contribution in [0.15, 0.2) is 30.6 Å². The van der Waals surface area contributed by atoms with Crippen molar-refractivity contribution in [2.24, 2.45) is 0 Å². The van der Waals surface area contributed by atoms with Gasteiger partial charge in [-0.05, 0) is 50.3 Å². The summed E-state index contributed by atoms with van der Waals surface area (Å²) in [4.78, 5) is 11.0. The zero-order chi connectivity index (χ0) is 20.0. The average molecular weight is 393 g/mol. The van der Waals surface area contributed by atoms with Crippen LogP contribution in [0, 0.1) is 5.41 Å². The first-order chi connectivity index (χ1) is 14.0. The highest BCUT2D eigenvalue weighted by Crippen LogP contribution is 2.43. The Balaban J connectivity index is 1.39. The number of ether oxygens (including phenoxy) is 2. The van der Waals surface area contributed by atoms with Gasteiger partial charge >= 0.3 is 0 Å². The van der Waals surface area contributed by atoms with Crippen molar-refractivity contribution in [2.45, 2.75) is 56.8 Å². The molecule has 7 heteroatoms. The number of anilines is 2. The number of nitrogens with two attached hydrogens (primary N) is 1. The van der Waals surface area contributed by atoms with Crippen molar-refractivity contribution < 1.29 is 9.47 Å². The first kappa shape index (κ1) is 18.4. The summed E-state index contributed by atoms with van der Waals surface area (Å²) in [5, 5.41) is 8.73. The first-order valence-electron chi connectivity index (χ1n) is 10.5. The summed E-state index contributed by atoms with van der Waals surface area (Å²) in [6, 6.07) is 7.45. The molecule has 1 aromatic heterocycles. The Hall–Kier alpha value is -2.67. The monoisotopic (exact) mass is 393 g/mol. The number of morpholine rings is 1. The lowest BCUT2D eigenvalue weighted by molar-refractivity contribution is 0.0302. The number of benzene rings is 1. The molecule has 3 N–H and O–H groups in total. The van der Waals surface area contributed by atoms with Crippen LogP contribution >= 0.6 is 0 Å². The number of nitrogens with zero attached hydrogens (tertiary/aromatic N) is 3.